The summed E-state index contributed by atoms with van der Waals surface area (Å²) in [7, 11) is 0. The van der Waals surface area contributed by atoms with Crippen LogP contribution in [0.2, 0.25) is 0 Å². The Morgan fingerprint density at radius 3 is 3.00 bits per heavy atom. The molecule has 0 aliphatic rings. The van der Waals surface area contributed by atoms with Crippen LogP contribution in [0.25, 0.3) is 6.08 Å². The Labute approximate surface area is 119 Å². The van der Waals surface area contributed by atoms with Crippen molar-refractivity contribution < 1.29 is 9.90 Å². The molecule has 98 valence electrons. The minimum absolute atomic E-state index is 0.135. The van der Waals surface area contributed by atoms with Gasteiger partial charge < -0.3 is 5.11 Å². The van der Waals surface area contributed by atoms with Gasteiger partial charge in [-0.1, -0.05) is 15.9 Å². The topological polar surface area (TPSA) is 55.1 Å². The maximum atomic E-state index is 12.0. The number of benzene rings is 1. The summed E-state index contributed by atoms with van der Waals surface area (Å²) in [6.45, 7) is 2.57. The molecular formula is C14H13BrN2O2. The van der Waals surface area contributed by atoms with Crippen molar-refractivity contribution in [2.45, 2.75) is 13.5 Å². The first kappa shape index (κ1) is 13.5. The summed E-state index contributed by atoms with van der Waals surface area (Å²) in [5, 5.41) is 13.7. The highest BCUT2D eigenvalue weighted by Crippen LogP contribution is 2.23. The molecule has 1 aromatic carbocycles. The number of allylic oxidation sites excluding steroid dienone is 1. The van der Waals surface area contributed by atoms with Crippen molar-refractivity contribution in [2.75, 3.05) is 0 Å². The van der Waals surface area contributed by atoms with Crippen LogP contribution >= 0.6 is 15.9 Å². The van der Waals surface area contributed by atoms with Crippen LogP contribution in [-0.4, -0.2) is 20.7 Å². The standard InChI is InChI=1S/C14H13BrN2O2/c1-2-17-12(7-8-16-17)14(19)5-3-10-9-11(15)4-6-13(10)18/h3-9,18H,2H2,1H3. The minimum atomic E-state index is -0.140. The van der Waals surface area contributed by atoms with Crippen molar-refractivity contribution in [3.05, 3.63) is 52.3 Å². The number of aromatic nitrogens is 2. The molecule has 0 saturated carbocycles. The SMILES string of the molecule is CCn1nccc1C(=O)C=Cc1cc(Br)ccc1O. The van der Waals surface area contributed by atoms with Crippen molar-refractivity contribution >= 4 is 27.8 Å². The average Bonchev–Trinajstić information content (AvgIpc) is 2.88. The first-order valence-corrected chi connectivity index (χ1v) is 6.64. The smallest absolute Gasteiger partial charge is 0.203 e. The third kappa shape index (κ3) is 3.12. The van der Waals surface area contributed by atoms with Crippen molar-refractivity contribution in [1.29, 1.82) is 0 Å². The highest BCUT2D eigenvalue weighted by atomic mass is 79.9. The van der Waals surface area contributed by atoms with E-state index in [0.29, 0.717) is 17.8 Å². The summed E-state index contributed by atoms with van der Waals surface area (Å²) in [5.74, 6) is -0.00465. The number of carbonyl (C=O) groups excluding carboxylic acids is 1. The fourth-order valence-electron chi connectivity index (χ4n) is 1.70. The predicted molar refractivity (Wildman–Crippen MR) is 77.1 cm³/mol. The van der Waals surface area contributed by atoms with E-state index in [1.54, 1.807) is 41.2 Å². The molecule has 0 amide bonds. The van der Waals surface area contributed by atoms with Gasteiger partial charge in [-0.2, -0.15) is 5.10 Å². The molecule has 0 saturated heterocycles. The molecule has 1 N–H and O–H groups in total. The molecule has 1 aromatic heterocycles. The van der Waals surface area contributed by atoms with E-state index in [2.05, 4.69) is 21.0 Å². The van der Waals surface area contributed by atoms with Crippen molar-refractivity contribution in [1.82, 2.24) is 9.78 Å². The molecule has 0 aliphatic carbocycles. The number of rotatable bonds is 4. The molecule has 0 fully saturated rings. The van der Waals surface area contributed by atoms with Crippen molar-refractivity contribution in [3.63, 3.8) is 0 Å². The third-order valence-corrected chi connectivity index (χ3v) is 3.17. The summed E-state index contributed by atoms with van der Waals surface area (Å²) >= 11 is 3.32. The Hall–Kier alpha value is -1.88. The van der Waals surface area contributed by atoms with Crippen LogP contribution in [0.15, 0.2) is 41.0 Å². The van der Waals surface area contributed by atoms with Gasteiger partial charge in [-0.25, -0.2) is 0 Å². The second kappa shape index (κ2) is 5.84. The molecule has 0 aliphatic heterocycles. The Kier molecular flexibility index (Phi) is 4.16. The van der Waals surface area contributed by atoms with Gasteiger partial charge in [-0.05, 0) is 43.3 Å². The zero-order valence-electron chi connectivity index (χ0n) is 10.4. The van der Waals surface area contributed by atoms with E-state index in [1.807, 2.05) is 6.92 Å². The Morgan fingerprint density at radius 1 is 1.47 bits per heavy atom. The Morgan fingerprint density at radius 2 is 2.26 bits per heavy atom. The predicted octanol–water partition coefficient (Wildman–Crippen LogP) is 3.27. The molecule has 2 aromatic rings. The second-order valence-corrected chi connectivity index (χ2v) is 4.85. The number of phenols is 1. The molecule has 4 nitrogen and oxygen atoms in total. The van der Waals surface area contributed by atoms with Crippen LogP contribution in [-0.2, 0) is 6.54 Å². The lowest BCUT2D eigenvalue weighted by Gasteiger charge is -2.01. The molecule has 1 heterocycles. The van der Waals surface area contributed by atoms with Gasteiger partial charge in [0.15, 0.2) is 0 Å². The first-order chi connectivity index (χ1) is 9.11. The summed E-state index contributed by atoms with van der Waals surface area (Å²) < 4.78 is 2.48. The van der Waals surface area contributed by atoms with E-state index in [4.69, 9.17) is 0 Å². The number of hydrogen-bond acceptors (Lipinski definition) is 3. The number of nitrogens with zero attached hydrogens (tertiary/aromatic N) is 2. The monoisotopic (exact) mass is 320 g/mol. The molecule has 19 heavy (non-hydrogen) atoms. The molecule has 0 spiro atoms. The van der Waals surface area contributed by atoms with Gasteiger partial charge in [-0.3, -0.25) is 9.48 Å². The highest BCUT2D eigenvalue weighted by molar-refractivity contribution is 9.10. The molecule has 0 unspecified atom stereocenters. The fraction of sp³-hybridized carbons (Fsp3) is 0.143. The normalized spacial score (nSPS) is 11.1. The fourth-order valence-corrected chi connectivity index (χ4v) is 2.08. The number of ketones is 1. The van der Waals surface area contributed by atoms with Gasteiger partial charge in [0.2, 0.25) is 5.78 Å². The molecule has 2 rings (SSSR count). The lowest BCUT2D eigenvalue weighted by atomic mass is 10.1. The van der Waals surface area contributed by atoms with Crippen molar-refractivity contribution in [3.8, 4) is 5.75 Å². The quantitative estimate of drug-likeness (QED) is 0.694. The molecule has 5 heteroatoms. The zero-order valence-corrected chi connectivity index (χ0v) is 12.0. The average molecular weight is 321 g/mol. The van der Waals surface area contributed by atoms with Crippen LogP contribution < -0.4 is 0 Å². The van der Waals surface area contributed by atoms with E-state index in [9.17, 15) is 9.90 Å². The van der Waals surface area contributed by atoms with Gasteiger partial charge in [0, 0.05) is 22.8 Å². The van der Waals surface area contributed by atoms with Crippen LogP contribution in [0.1, 0.15) is 23.0 Å². The number of aromatic hydroxyl groups is 1. The maximum Gasteiger partial charge on any atom is 0.203 e. The minimum Gasteiger partial charge on any atom is -0.507 e. The Balaban J connectivity index is 2.23. The lowest BCUT2D eigenvalue weighted by molar-refractivity contribution is 0.103. The van der Waals surface area contributed by atoms with E-state index >= 15 is 0 Å². The van der Waals surface area contributed by atoms with E-state index in [-0.39, 0.29) is 11.5 Å². The lowest BCUT2D eigenvalue weighted by Crippen LogP contribution is -2.07. The van der Waals surface area contributed by atoms with Crippen LogP contribution in [0, 0.1) is 0 Å². The van der Waals surface area contributed by atoms with Crippen LogP contribution in [0.3, 0.4) is 0 Å². The van der Waals surface area contributed by atoms with Crippen LogP contribution in [0.5, 0.6) is 5.75 Å². The number of carbonyl (C=O) groups is 1. The number of phenolic OH excluding ortho intramolecular Hbond substituents is 1. The largest absolute Gasteiger partial charge is 0.507 e. The van der Waals surface area contributed by atoms with Gasteiger partial charge in [0.25, 0.3) is 0 Å². The van der Waals surface area contributed by atoms with E-state index in [0.717, 1.165) is 4.47 Å². The van der Waals surface area contributed by atoms with Gasteiger partial charge in [-0.15, -0.1) is 0 Å². The summed E-state index contributed by atoms with van der Waals surface area (Å²) in [4.78, 5) is 12.0. The number of halogens is 1. The van der Waals surface area contributed by atoms with Gasteiger partial charge in [0.05, 0.1) is 0 Å². The van der Waals surface area contributed by atoms with Crippen LogP contribution in [0.4, 0.5) is 0 Å². The summed E-state index contributed by atoms with van der Waals surface area (Å²) in [5.41, 5.74) is 1.12. The third-order valence-electron chi connectivity index (χ3n) is 2.67. The van der Waals surface area contributed by atoms with Crippen molar-refractivity contribution in [2.24, 2.45) is 0 Å². The molecule has 0 atom stereocenters. The van der Waals surface area contributed by atoms with Gasteiger partial charge in [0.1, 0.15) is 11.4 Å². The van der Waals surface area contributed by atoms with E-state index in [1.165, 1.54) is 6.08 Å². The number of hydrogen-bond donors (Lipinski definition) is 1. The second-order valence-electron chi connectivity index (χ2n) is 3.93. The zero-order chi connectivity index (χ0) is 13.8. The highest BCUT2D eigenvalue weighted by Gasteiger charge is 2.08. The Bertz CT molecular complexity index is 632. The number of aryl methyl sites for hydroxylation is 1. The molecule has 0 bridgehead atoms. The summed E-state index contributed by atoms with van der Waals surface area (Å²) in [6.07, 6.45) is 4.63. The van der Waals surface area contributed by atoms with E-state index < -0.39 is 0 Å². The molecular weight excluding hydrogens is 308 g/mol. The summed E-state index contributed by atoms with van der Waals surface area (Å²) in [6, 6.07) is 6.73. The maximum absolute atomic E-state index is 12.0. The first-order valence-electron chi connectivity index (χ1n) is 5.84. The van der Waals surface area contributed by atoms with Gasteiger partial charge >= 0.3 is 0 Å². The molecule has 0 radical (unpaired) electrons.